The summed E-state index contributed by atoms with van der Waals surface area (Å²) in [5, 5.41) is 4.91. The van der Waals surface area contributed by atoms with Crippen LogP contribution < -0.4 is 0 Å². The molecular weight excluding hydrogens is 847 g/mol. The summed E-state index contributed by atoms with van der Waals surface area (Å²) in [6.07, 6.45) is 22.9. The van der Waals surface area contributed by atoms with Gasteiger partial charge in [0.25, 0.3) is 0 Å². The Morgan fingerprint density at radius 1 is 0.610 bits per heavy atom. The van der Waals surface area contributed by atoms with Crippen molar-refractivity contribution >= 4 is 88.5 Å². The second-order valence-electron chi connectivity index (χ2n) is 15.2. The van der Waals surface area contributed by atoms with E-state index >= 15 is 0 Å². The Hall–Kier alpha value is -3.66. The first-order chi connectivity index (χ1) is 28.8. The minimum absolute atomic E-state index is 0.109. The monoisotopic (exact) mass is 894 g/mol. The average molecular weight is 895 g/mol. The van der Waals surface area contributed by atoms with E-state index in [1.807, 2.05) is 11.3 Å². The average Bonchev–Trinajstić information content (AvgIpc) is 4.09. The molecule has 10 heteroatoms. The third-order valence-electron chi connectivity index (χ3n) is 10.5. The van der Waals surface area contributed by atoms with Crippen molar-refractivity contribution in [3.05, 3.63) is 68.5 Å². The summed E-state index contributed by atoms with van der Waals surface area (Å²) in [5.41, 5.74) is 3.41. The predicted molar refractivity (Wildman–Crippen MR) is 257 cm³/mol. The molecule has 0 spiro atoms. The number of halogens is 2. The molecule has 2 nitrogen and oxygen atoms in total. The van der Waals surface area contributed by atoms with Crippen LogP contribution in [0.3, 0.4) is 0 Å². The SMILES string of the molecule is C#CC#CC#CC(C)Cc1ccc(-c2nc3c(-c4cc(F)cs4)c4sc(-c5ccc(CC(CCCCCC)CCCCCCCC)s5)nc4c(-c4cc(F)cs4)c3s2)s1. The van der Waals surface area contributed by atoms with Gasteiger partial charge in [-0.05, 0) is 78.8 Å². The third kappa shape index (κ3) is 11.0. The second-order valence-corrected chi connectivity index (χ2v) is 21.3. The topological polar surface area (TPSA) is 25.8 Å². The normalized spacial score (nSPS) is 12.3. The number of fused-ring (bicyclic) bond motifs is 2. The zero-order valence-electron chi connectivity index (χ0n) is 33.9. The Morgan fingerprint density at radius 2 is 1.12 bits per heavy atom. The highest BCUT2D eigenvalue weighted by atomic mass is 32.1. The number of nitrogens with zero attached hydrogens (tertiary/aromatic N) is 2. The van der Waals surface area contributed by atoms with E-state index in [9.17, 15) is 8.78 Å². The highest BCUT2D eigenvalue weighted by Gasteiger charge is 2.27. The predicted octanol–water partition coefficient (Wildman–Crippen LogP) is 16.8. The molecule has 7 rings (SSSR count). The fourth-order valence-corrected chi connectivity index (χ4v) is 14.0. The molecule has 0 aliphatic carbocycles. The molecular formula is C49H48F2N2S6. The summed E-state index contributed by atoms with van der Waals surface area (Å²) in [5.74, 6) is 13.8. The Morgan fingerprint density at radius 3 is 1.63 bits per heavy atom. The molecule has 0 N–H and O–H groups in total. The molecule has 7 aromatic rings. The molecule has 0 bridgehead atoms. The Bertz CT molecular complexity index is 2560. The van der Waals surface area contributed by atoms with Gasteiger partial charge in [0.2, 0.25) is 0 Å². The summed E-state index contributed by atoms with van der Waals surface area (Å²) in [4.78, 5) is 17.1. The fraction of sp³-hybridized carbons (Fsp3) is 0.388. The van der Waals surface area contributed by atoms with Crippen LogP contribution in [0.5, 0.6) is 0 Å². The first kappa shape index (κ1) is 43.4. The van der Waals surface area contributed by atoms with Crippen LogP contribution in [-0.4, -0.2) is 9.97 Å². The smallest absolute Gasteiger partial charge is 0.134 e. The maximum absolute atomic E-state index is 14.8. The lowest BCUT2D eigenvalue weighted by Crippen LogP contribution is -2.04. The molecule has 304 valence electrons. The van der Waals surface area contributed by atoms with E-state index in [2.05, 4.69) is 74.6 Å². The van der Waals surface area contributed by atoms with Crippen molar-refractivity contribution in [1.82, 2.24) is 9.97 Å². The lowest BCUT2D eigenvalue weighted by atomic mass is 9.91. The molecule has 1 aromatic carbocycles. The van der Waals surface area contributed by atoms with Gasteiger partial charge in [0.15, 0.2) is 0 Å². The van der Waals surface area contributed by atoms with Gasteiger partial charge < -0.3 is 0 Å². The lowest BCUT2D eigenvalue weighted by Gasteiger charge is -2.16. The highest BCUT2D eigenvalue weighted by Crippen LogP contribution is 2.52. The molecule has 0 amide bonds. The minimum atomic E-state index is -0.269. The van der Waals surface area contributed by atoms with Gasteiger partial charge >= 0.3 is 0 Å². The van der Waals surface area contributed by atoms with Crippen molar-refractivity contribution in [2.24, 2.45) is 11.8 Å². The van der Waals surface area contributed by atoms with E-state index in [-0.39, 0.29) is 17.6 Å². The molecule has 0 radical (unpaired) electrons. The van der Waals surface area contributed by atoms with Gasteiger partial charge in [-0.1, -0.05) is 104 Å². The van der Waals surface area contributed by atoms with Crippen molar-refractivity contribution in [2.45, 2.75) is 111 Å². The van der Waals surface area contributed by atoms with Gasteiger partial charge in [-0.3, -0.25) is 0 Å². The largest absolute Gasteiger partial charge is 0.234 e. The van der Waals surface area contributed by atoms with Gasteiger partial charge in [-0.2, -0.15) is 0 Å². The number of unbranched alkanes of at least 4 members (excludes halogenated alkanes) is 8. The zero-order valence-corrected chi connectivity index (χ0v) is 38.7. The first-order valence-electron chi connectivity index (χ1n) is 20.7. The van der Waals surface area contributed by atoms with Crippen LogP contribution in [0.2, 0.25) is 0 Å². The number of rotatable bonds is 20. The van der Waals surface area contributed by atoms with Crippen molar-refractivity contribution in [1.29, 1.82) is 0 Å². The van der Waals surface area contributed by atoms with Crippen molar-refractivity contribution < 1.29 is 8.78 Å². The van der Waals surface area contributed by atoms with Crippen LogP contribution in [-0.2, 0) is 12.8 Å². The molecule has 59 heavy (non-hydrogen) atoms. The van der Waals surface area contributed by atoms with Crippen LogP contribution in [0.4, 0.5) is 8.78 Å². The maximum atomic E-state index is 14.8. The van der Waals surface area contributed by atoms with E-state index in [1.54, 1.807) is 56.9 Å². The minimum Gasteiger partial charge on any atom is -0.234 e. The molecule has 0 saturated carbocycles. The molecule has 6 aromatic heterocycles. The zero-order chi connectivity index (χ0) is 41.1. The summed E-state index contributed by atoms with van der Waals surface area (Å²) in [7, 11) is 0. The fourth-order valence-electron chi connectivity index (χ4n) is 7.58. The van der Waals surface area contributed by atoms with Crippen molar-refractivity contribution in [3.63, 3.8) is 0 Å². The Labute approximate surface area is 372 Å². The summed E-state index contributed by atoms with van der Waals surface area (Å²) in [6, 6.07) is 12.0. The molecule has 2 atom stereocenters. The van der Waals surface area contributed by atoms with Gasteiger partial charge in [0, 0.05) is 47.3 Å². The third-order valence-corrected chi connectivity index (χ3v) is 17.0. The van der Waals surface area contributed by atoms with Crippen LogP contribution in [0, 0.1) is 59.5 Å². The molecule has 2 unspecified atom stereocenters. The number of hydrogen-bond acceptors (Lipinski definition) is 8. The lowest BCUT2D eigenvalue weighted by molar-refractivity contribution is 0.404. The number of terminal acetylenes is 1. The summed E-state index contributed by atoms with van der Waals surface area (Å²) >= 11 is 9.55. The number of hydrogen-bond donors (Lipinski definition) is 0. The Kier molecular flexibility index (Phi) is 15.6. The molecule has 0 fully saturated rings. The van der Waals surface area contributed by atoms with Gasteiger partial charge in [-0.25, -0.2) is 18.7 Å². The quantitative estimate of drug-likeness (QED) is 0.0563. The second kappa shape index (κ2) is 21.2. The molecule has 0 aliphatic heterocycles. The number of thiazole rings is 2. The van der Waals surface area contributed by atoms with Crippen molar-refractivity contribution in [2.75, 3.05) is 0 Å². The number of benzene rings is 1. The van der Waals surface area contributed by atoms with Crippen LogP contribution in [0.15, 0.2) is 47.2 Å². The van der Waals surface area contributed by atoms with Crippen molar-refractivity contribution in [3.8, 4) is 76.7 Å². The summed E-state index contributed by atoms with van der Waals surface area (Å²) in [6.45, 7) is 6.64. The molecule has 6 heterocycles. The summed E-state index contributed by atoms with van der Waals surface area (Å²) < 4.78 is 31.5. The molecule has 0 aliphatic rings. The van der Waals surface area contributed by atoms with E-state index in [0.29, 0.717) is 5.92 Å². The van der Waals surface area contributed by atoms with Gasteiger partial charge in [0.05, 0.1) is 30.2 Å². The highest BCUT2D eigenvalue weighted by molar-refractivity contribution is 7.28. The van der Waals surface area contributed by atoms with Crippen LogP contribution in [0.1, 0.15) is 108 Å². The maximum Gasteiger partial charge on any atom is 0.134 e. The van der Waals surface area contributed by atoms with Gasteiger partial charge in [-0.15, -0.1) is 74.4 Å². The Balaban J connectivity index is 1.25. The van der Waals surface area contributed by atoms with Crippen LogP contribution in [0.25, 0.3) is 61.1 Å². The standard InChI is InChI=1S/C49H48F2N2S6/c1-5-8-11-14-15-18-21-33(20-17-13-10-7-3)27-37-23-25-39(57-37)49-53-45-43(41-29-35(51)31-55-41)46-44(42(47(45)59-49)40-28-34(50)30-54-40)52-48(58-46)38-24-22-36(56-38)26-32(4)19-16-12-9-6-2/h2,22-25,28-33H,5,7-8,10-11,13-15,17-18,20-21,26-27H2,1,3-4H3. The van der Waals surface area contributed by atoms with Crippen LogP contribution >= 0.6 is 68.0 Å². The first-order valence-corrected chi connectivity index (χ1v) is 25.8. The van der Waals surface area contributed by atoms with E-state index < -0.39 is 0 Å². The number of thiophene rings is 4. The van der Waals surface area contributed by atoms with E-state index in [1.165, 1.54) is 109 Å². The van der Waals surface area contributed by atoms with E-state index in [0.717, 1.165) is 73.9 Å². The van der Waals surface area contributed by atoms with E-state index in [4.69, 9.17) is 16.4 Å². The number of aromatic nitrogens is 2. The molecule has 0 saturated heterocycles. The van der Waals surface area contributed by atoms with Gasteiger partial charge in [0.1, 0.15) is 21.6 Å².